The maximum atomic E-state index is 6.02. The summed E-state index contributed by atoms with van der Waals surface area (Å²) in [4.78, 5) is 0. The second-order valence-corrected chi connectivity index (χ2v) is 7.32. The topological polar surface area (TPSA) is 12.0 Å². The van der Waals surface area contributed by atoms with Crippen molar-refractivity contribution in [2.24, 2.45) is 17.8 Å². The van der Waals surface area contributed by atoms with Crippen molar-refractivity contribution < 1.29 is 0 Å². The summed E-state index contributed by atoms with van der Waals surface area (Å²) < 4.78 is 0. The van der Waals surface area contributed by atoms with Gasteiger partial charge in [0.05, 0.1) is 0 Å². The van der Waals surface area contributed by atoms with Gasteiger partial charge in [0.1, 0.15) is 0 Å². The standard InChI is InChI=1S/C18H28ClN/c1-13(2)11-20-12-16-5-4-14(3)10-18(16)15-6-8-17(19)9-7-15/h6-9,13-14,16,18,20H,4-5,10-12H2,1-3H3. The molecule has 0 heterocycles. The van der Waals surface area contributed by atoms with E-state index in [9.17, 15) is 0 Å². The van der Waals surface area contributed by atoms with Gasteiger partial charge in [-0.15, -0.1) is 0 Å². The number of halogens is 1. The summed E-state index contributed by atoms with van der Waals surface area (Å²) in [5, 5.41) is 4.49. The third kappa shape index (κ3) is 4.49. The van der Waals surface area contributed by atoms with Crippen LogP contribution in [0.15, 0.2) is 24.3 Å². The fraction of sp³-hybridized carbons (Fsp3) is 0.667. The van der Waals surface area contributed by atoms with E-state index in [-0.39, 0.29) is 0 Å². The van der Waals surface area contributed by atoms with Crippen molar-refractivity contribution in [3.8, 4) is 0 Å². The molecule has 0 aromatic heterocycles. The number of rotatable bonds is 5. The highest BCUT2D eigenvalue weighted by Crippen LogP contribution is 2.40. The fourth-order valence-electron chi connectivity index (χ4n) is 3.36. The van der Waals surface area contributed by atoms with Crippen molar-refractivity contribution in [1.82, 2.24) is 5.32 Å². The number of hydrogen-bond donors (Lipinski definition) is 1. The van der Waals surface area contributed by atoms with E-state index in [0.29, 0.717) is 5.92 Å². The monoisotopic (exact) mass is 293 g/mol. The molecule has 0 aliphatic heterocycles. The SMILES string of the molecule is CC(C)CNCC1CCC(C)CC1c1ccc(Cl)cc1. The molecule has 20 heavy (non-hydrogen) atoms. The van der Waals surface area contributed by atoms with Crippen LogP contribution < -0.4 is 5.32 Å². The highest BCUT2D eigenvalue weighted by Gasteiger charge is 2.29. The minimum absolute atomic E-state index is 0.690. The third-order valence-electron chi connectivity index (χ3n) is 4.51. The van der Waals surface area contributed by atoms with E-state index in [2.05, 4.69) is 38.2 Å². The predicted molar refractivity (Wildman–Crippen MR) is 88.4 cm³/mol. The molecule has 0 bridgehead atoms. The molecule has 1 nitrogen and oxygen atoms in total. The largest absolute Gasteiger partial charge is 0.316 e. The molecular weight excluding hydrogens is 266 g/mol. The zero-order valence-corrected chi connectivity index (χ0v) is 13.8. The maximum absolute atomic E-state index is 6.02. The summed E-state index contributed by atoms with van der Waals surface area (Å²) >= 11 is 6.02. The Hall–Kier alpha value is -0.530. The number of nitrogens with one attached hydrogen (secondary N) is 1. The second kappa shape index (κ2) is 7.47. The summed E-state index contributed by atoms with van der Waals surface area (Å²) in [6.45, 7) is 9.21. The van der Waals surface area contributed by atoms with Gasteiger partial charge in [-0.2, -0.15) is 0 Å². The Morgan fingerprint density at radius 1 is 1.20 bits per heavy atom. The van der Waals surface area contributed by atoms with Crippen molar-refractivity contribution in [2.75, 3.05) is 13.1 Å². The summed E-state index contributed by atoms with van der Waals surface area (Å²) in [6.07, 6.45) is 4.04. The first kappa shape index (κ1) is 15.9. The number of benzene rings is 1. The van der Waals surface area contributed by atoms with Crippen LogP contribution in [0.25, 0.3) is 0 Å². The predicted octanol–water partition coefficient (Wildman–Crippen LogP) is 5.11. The first-order valence-electron chi connectivity index (χ1n) is 8.02. The second-order valence-electron chi connectivity index (χ2n) is 6.89. The van der Waals surface area contributed by atoms with Gasteiger partial charge in [-0.1, -0.05) is 50.9 Å². The lowest BCUT2D eigenvalue weighted by Gasteiger charge is -2.35. The van der Waals surface area contributed by atoms with Crippen LogP contribution in [-0.4, -0.2) is 13.1 Å². The zero-order valence-electron chi connectivity index (χ0n) is 13.0. The van der Waals surface area contributed by atoms with Crippen LogP contribution in [0.4, 0.5) is 0 Å². The van der Waals surface area contributed by atoms with Crippen LogP contribution in [0.3, 0.4) is 0 Å². The van der Waals surface area contributed by atoms with Gasteiger partial charge in [0, 0.05) is 5.02 Å². The quantitative estimate of drug-likeness (QED) is 0.796. The maximum Gasteiger partial charge on any atom is 0.0406 e. The molecule has 0 saturated heterocycles. The zero-order chi connectivity index (χ0) is 14.5. The molecule has 1 aromatic rings. The van der Waals surface area contributed by atoms with Gasteiger partial charge >= 0.3 is 0 Å². The molecule has 1 aromatic carbocycles. The van der Waals surface area contributed by atoms with Crippen LogP contribution >= 0.6 is 11.6 Å². The molecular formula is C18H28ClN. The van der Waals surface area contributed by atoms with Gasteiger partial charge in [-0.05, 0) is 67.3 Å². The van der Waals surface area contributed by atoms with E-state index in [1.54, 1.807) is 0 Å². The summed E-state index contributed by atoms with van der Waals surface area (Å²) in [7, 11) is 0. The average molecular weight is 294 g/mol. The smallest absolute Gasteiger partial charge is 0.0406 e. The lowest BCUT2D eigenvalue weighted by atomic mass is 9.71. The normalized spacial score (nSPS) is 26.9. The van der Waals surface area contributed by atoms with Gasteiger partial charge in [0.2, 0.25) is 0 Å². The third-order valence-corrected chi connectivity index (χ3v) is 4.76. The molecule has 3 unspecified atom stereocenters. The van der Waals surface area contributed by atoms with Crippen LogP contribution in [0, 0.1) is 17.8 Å². The molecule has 0 radical (unpaired) electrons. The lowest BCUT2D eigenvalue weighted by Crippen LogP contribution is -2.33. The van der Waals surface area contributed by atoms with Crippen molar-refractivity contribution in [1.29, 1.82) is 0 Å². The first-order valence-corrected chi connectivity index (χ1v) is 8.40. The average Bonchev–Trinajstić information content (AvgIpc) is 2.41. The Bertz CT molecular complexity index is 398. The molecule has 1 saturated carbocycles. The highest BCUT2D eigenvalue weighted by molar-refractivity contribution is 6.30. The lowest BCUT2D eigenvalue weighted by molar-refractivity contribution is 0.240. The molecule has 3 atom stereocenters. The molecule has 1 aliphatic rings. The van der Waals surface area contributed by atoms with Gasteiger partial charge < -0.3 is 5.32 Å². The number of hydrogen-bond acceptors (Lipinski definition) is 1. The minimum Gasteiger partial charge on any atom is -0.316 e. The molecule has 2 heteroatoms. The van der Waals surface area contributed by atoms with Crippen LogP contribution in [-0.2, 0) is 0 Å². The van der Waals surface area contributed by atoms with E-state index in [0.717, 1.165) is 35.9 Å². The molecule has 2 rings (SSSR count). The van der Waals surface area contributed by atoms with Crippen molar-refractivity contribution in [2.45, 2.75) is 46.0 Å². The fourth-order valence-corrected chi connectivity index (χ4v) is 3.49. The van der Waals surface area contributed by atoms with Gasteiger partial charge in [0.15, 0.2) is 0 Å². The van der Waals surface area contributed by atoms with E-state index in [1.807, 2.05) is 12.1 Å². The van der Waals surface area contributed by atoms with E-state index in [1.165, 1.54) is 24.8 Å². The van der Waals surface area contributed by atoms with Gasteiger partial charge in [0.25, 0.3) is 0 Å². The summed E-state index contributed by atoms with van der Waals surface area (Å²) in [6, 6.07) is 8.52. The Morgan fingerprint density at radius 2 is 1.90 bits per heavy atom. The first-order chi connectivity index (χ1) is 9.56. The Kier molecular flexibility index (Phi) is 5.92. The molecule has 1 fully saturated rings. The Balaban J connectivity index is 2.02. The minimum atomic E-state index is 0.690. The van der Waals surface area contributed by atoms with Crippen LogP contribution in [0.2, 0.25) is 5.02 Å². The summed E-state index contributed by atoms with van der Waals surface area (Å²) in [5.74, 6) is 3.03. The highest BCUT2D eigenvalue weighted by atomic mass is 35.5. The van der Waals surface area contributed by atoms with E-state index in [4.69, 9.17) is 11.6 Å². The molecule has 112 valence electrons. The van der Waals surface area contributed by atoms with Crippen molar-refractivity contribution in [3.05, 3.63) is 34.9 Å². The summed E-state index contributed by atoms with van der Waals surface area (Å²) in [5.41, 5.74) is 1.47. The molecule has 0 spiro atoms. The van der Waals surface area contributed by atoms with Crippen LogP contribution in [0.5, 0.6) is 0 Å². The Labute approximate surface area is 129 Å². The molecule has 1 aliphatic carbocycles. The van der Waals surface area contributed by atoms with Crippen molar-refractivity contribution >= 4 is 11.6 Å². The van der Waals surface area contributed by atoms with Crippen LogP contribution in [0.1, 0.15) is 51.5 Å². The Morgan fingerprint density at radius 3 is 2.55 bits per heavy atom. The molecule has 0 amide bonds. The van der Waals surface area contributed by atoms with Crippen molar-refractivity contribution in [3.63, 3.8) is 0 Å². The van der Waals surface area contributed by atoms with E-state index >= 15 is 0 Å². The van der Waals surface area contributed by atoms with E-state index < -0.39 is 0 Å². The van der Waals surface area contributed by atoms with Gasteiger partial charge in [-0.25, -0.2) is 0 Å². The molecule has 1 N–H and O–H groups in total. The van der Waals surface area contributed by atoms with Gasteiger partial charge in [-0.3, -0.25) is 0 Å².